The molecule has 1 atom stereocenters. The molecule has 154 valence electrons. The van der Waals surface area contributed by atoms with Gasteiger partial charge >= 0.3 is 11.9 Å². The lowest BCUT2D eigenvalue weighted by Crippen LogP contribution is -2.59. The summed E-state index contributed by atoms with van der Waals surface area (Å²) in [7, 11) is 0. The highest BCUT2D eigenvalue weighted by molar-refractivity contribution is 6.29. The van der Waals surface area contributed by atoms with Gasteiger partial charge in [-0.2, -0.15) is 9.37 Å². The van der Waals surface area contributed by atoms with Crippen LogP contribution in [0.15, 0.2) is 48.5 Å². The first-order valence-corrected chi connectivity index (χ1v) is 9.78. The van der Waals surface area contributed by atoms with Gasteiger partial charge in [0.2, 0.25) is 0 Å². The first-order valence-electron chi connectivity index (χ1n) is 9.78. The van der Waals surface area contributed by atoms with Crippen molar-refractivity contribution in [3.63, 3.8) is 0 Å². The van der Waals surface area contributed by atoms with Crippen LogP contribution in [0.2, 0.25) is 0 Å². The Bertz CT molecular complexity index is 1060. The van der Waals surface area contributed by atoms with Crippen molar-refractivity contribution in [2.24, 2.45) is 0 Å². The fourth-order valence-corrected chi connectivity index (χ4v) is 3.79. The van der Waals surface area contributed by atoms with E-state index in [1.807, 2.05) is 13.8 Å². The van der Waals surface area contributed by atoms with Gasteiger partial charge in [0.25, 0.3) is 12.0 Å². The van der Waals surface area contributed by atoms with Gasteiger partial charge in [-0.15, -0.1) is 4.90 Å². The maximum atomic E-state index is 13.4. The van der Waals surface area contributed by atoms with Crippen molar-refractivity contribution in [2.75, 3.05) is 24.5 Å². The van der Waals surface area contributed by atoms with Crippen LogP contribution in [-0.2, 0) is 9.59 Å². The minimum atomic E-state index is -1.06. The summed E-state index contributed by atoms with van der Waals surface area (Å²) in [5, 5.41) is 0. The van der Waals surface area contributed by atoms with E-state index in [4.69, 9.17) is 4.74 Å². The Morgan fingerprint density at radius 1 is 1.10 bits per heavy atom. The Kier molecular flexibility index (Phi) is 5.07. The number of rotatable bonds is 5. The number of ether oxygens (including phenoxy) is 1. The fourth-order valence-electron chi connectivity index (χ4n) is 3.79. The van der Waals surface area contributed by atoms with E-state index in [1.54, 1.807) is 29.2 Å². The van der Waals surface area contributed by atoms with Gasteiger partial charge in [0.05, 0.1) is 5.56 Å². The molecular weight excluding hydrogens is 389 g/mol. The van der Waals surface area contributed by atoms with Crippen molar-refractivity contribution in [1.82, 2.24) is 4.90 Å². The van der Waals surface area contributed by atoms with E-state index in [2.05, 4.69) is 0 Å². The fraction of sp³-hybridized carbons (Fsp3) is 0.273. The molecule has 0 saturated heterocycles. The van der Waals surface area contributed by atoms with Crippen LogP contribution in [0.3, 0.4) is 0 Å². The van der Waals surface area contributed by atoms with E-state index in [0.29, 0.717) is 30.1 Å². The number of carbonyl (C=O) groups is 3. The van der Waals surface area contributed by atoms with Crippen LogP contribution >= 0.6 is 0 Å². The molecule has 4 amide bonds. The van der Waals surface area contributed by atoms with Crippen molar-refractivity contribution in [1.29, 1.82) is 0 Å². The molecule has 2 aliphatic rings. The number of likely N-dealkylation sites (N-methyl/N-ethyl adjacent to an activating group) is 1. The van der Waals surface area contributed by atoms with Gasteiger partial charge in [0.15, 0.2) is 12.3 Å². The average Bonchev–Trinajstić information content (AvgIpc) is 3.13. The molecule has 4 rings (SSSR count). The number of hydrogen-bond donors (Lipinski definition) is 0. The van der Waals surface area contributed by atoms with Crippen LogP contribution in [0.4, 0.5) is 14.9 Å². The van der Waals surface area contributed by atoms with Crippen LogP contribution in [0.1, 0.15) is 19.4 Å². The van der Waals surface area contributed by atoms with Gasteiger partial charge in [-0.3, -0.25) is 4.79 Å². The second kappa shape index (κ2) is 7.70. The molecule has 2 aliphatic heterocycles. The van der Waals surface area contributed by atoms with Gasteiger partial charge < -0.3 is 9.64 Å². The topological polar surface area (TPSA) is 69.9 Å². The molecule has 0 radical (unpaired) electrons. The molecule has 0 spiro atoms. The largest absolute Gasteiger partial charge is 0.506 e. The maximum absolute atomic E-state index is 13.4. The highest BCUT2D eigenvalue weighted by atomic mass is 19.1. The van der Waals surface area contributed by atoms with Crippen molar-refractivity contribution >= 4 is 29.2 Å². The summed E-state index contributed by atoms with van der Waals surface area (Å²) in [6, 6.07) is 11.4. The minimum absolute atomic E-state index is 0.213. The van der Waals surface area contributed by atoms with Gasteiger partial charge in [-0.1, -0.05) is 12.1 Å². The number of halogens is 1. The third kappa shape index (κ3) is 3.14. The Balaban J connectivity index is 1.83. The van der Waals surface area contributed by atoms with Crippen molar-refractivity contribution in [3.8, 4) is 5.75 Å². The summed E-state index contributed by atoms with van der Waals surface area (Å²) in [4.78, 5) is 42.0. The highest BCUT2D eigenvalue weighted by Gasteiger charge is 2.54. The number of carbonyl (C=O) groups excluding carboxylic acids is 3. The number of benzene rings is 2. The first kappa shape index (κ1) is 19.8. The third-order valence-corrected chi connectivity index (χ3v) is 5.31. The van der Waals surface area contributed by atoms with Crippen molar-refractivity contribution < 1.29 is 28.1 Å². The van der Waals surface area contributed by atoms with Crippen molar-refractivity contribution in [2.45, 2.75) is 20.0 Å². The molecule has 0 aliphatic carbocycles. The maximum Gasteiger partial charge on any atom is 0.506 e. The number of para-hydroxylation sites is 1. The van der Waals surface area contributed by atoms with E-state index in [1.165, 1.54) is 28.8 Å². The van der Waals surface area contributed by atoms with Gasteiger partial charge in [0, 0.05) is 13.1 Å². The van der Waals surface area contributed by atoms with Gasteiger partial charge in [-0.25, -0.2) is 9.18 Å². The molecule has 30 heavy (non-hydrogen) atoms. The van der Waals surface area contributed by atoms with E-state index in [-0.39, 0.29) is 18.1 Å². The average molecular weight is 410 g/mol. The van der Waals surface area contributed by atoms with E-state index in [9.17, 15) is 18.8 Å². The molecule has 0 N–H and O–H groups in total. The predicted molar refractivity (Wildman–Crippen MR) is 107 cm³/mol. The molecule has 7 nitrogen and oxygen atoms in total. The van der Waals surface area contributed by atoms with E-state index < -0.39 is 23.9 Å². The zero-order valence-corrected chi connectivity index (χ0v) is 16.7. The summed E-state index contributed by atoms with van der Waals surface area (Å²) in [5.74, 6) is -0.831. The second-order valence-electron chi connectivity index (χ2n) is 6.96. The molecule has 0 aromatic heterocycles. The summed E-state index contributed by atoms with van der Waals surface area (Å²) >= 11 is 0. The molecule has 2 aromatic rings. The number of nitrogens with zero attached hydrogens (tertiary/aromatic N) is 3. The number of anilines is 1. The van der Waals surface area contributed by atoms with Gasteiger partial charge in [0.1, 0.15) is 17.3 Å². The summed E-state index contributed by atoms with van der Waals surface area (Å²) in [6.07, 6.45) is -1.06. The molecule has 0 saturated carbocycles. The van der Waals surface area contributed by atoms with Crippen LogP contribution < -0.4 is 9.64 Å². The molecule has 1 unspecified atom stereocenters. The Labute approximate surface area is 173 Å². The zero-order valence-electron chi connectivity index (χ0n) is 16.7. The van der Waals surface area contributed by atoms with E-state index in [0.717, 1.165) is 4.90 Å². The van der Waals surface area contributed by atoms with Gasteiger partial charge in [-0.05, 0) is 50.2 Å². The summed E-state index contributed by atoms with van der Waals surface area (Å²) < 4.78 is 20.5. The number of imide groups is 1. The monoisotopic (exact) mass is 410 g/mol. The molecule has 2 aromatic carbocycles. The van der Waals surface area contributed by atoms with Crippen LogP contribution in [0.25, 0.3) is 0 Å². The van der Waals surface area contributed by atoms with Crippen LogP contribution in [0, 0.1) is 5.82 Å². The minimum Gasteiger partial charge on any atom is -0.469 e. The SMILES string of the molecule is CCN(CC)C(=O)C[N+]1=C2c3ccccc3OC2C(=O)N(c2ccc(F)cc2)C1=O. The number of hydrogen-bond acceptors (Lipinski definition) is 4. The number of amides is 4. The second-order valence-corrected chi connectivity index (χ2v) is 6.96. The van der Waals surface area contributed by atoms with Crippen LogP contribution in [-0.4, -0.2) is 58.8 Å². The lowest BCUT2D eigenvalue weighted by atomic mass is 10.0. The summed E-state index contributed by atoms with van der Waals surface area (Å²) in [6.45, 7) is 4.50. The Hall–Kier alpha value is -3.55. The molecule has 0 bridgehead atoms. The quantitative estimate of drug-likeness (QED) is 0.710. The normalized spacial score (nSPS) is 17.6. The lowest BCUT2D eigenvalue weighted by Gasteiger charge is -2.25. The highest BCUT2D eigenvalue weighted by Crippen LogP contribution is 2.33. The molecule has 0 fully saturated rings. The summed E-state index contributed by atoms with van der Waals surface area (Å²) in [5.41, 5.74) is 1.18. The zero-order chi connectivity index (χ0) is 21.4. The third-order valence-electron chi connectivity index (χ3n) is 5.31. The van der Waals surface area contributed by atoms with Crippen molar-refractivity contribution in [3.05, 3.63) is 59.9 Å². The molecule has 8 heteroatoms. The van der Waals surface area contributed by atoms with E-state index >= 15 is 0 Å². The molecule has 2 heterocycles. The standard InChI is InChI=1S/C22H21FN3O4/c1-3-24(4-2)18(27)13-25-19-16-7-5-6-8-17(16)30-20(19)21(28)26(22(25)29)15-11-9-14(23)10-12-15/h5-12,20H,3-4,13H2,1-2H3/q+1. The smallest absolute Gasteiger partial charge is 0.469 e. The lowest BCUT2D eigenvalue weighted by molar-refractivity contribution is -0.418. The number of urea groups is 1. The Morgan fingerprint density at radius 3 is 2.43 bits per heavy atom. The predicted octanol–water partition coefficient (Wildman–Crippen LogP) is 2.42. The Morgan fingerprint density at radius 2 is 1.77 bits per heavy atom. The number of fused-ring (bicyclic) bond motifs is 3. The first-order chi connectivity index (χ1) is 14.5. The molecular formula is C22H21FN3O4+. The van der Waals surface area contributed by atoms with Crippen LogP contribution in [0.5, 0.6) is 5.75 Å².